The molecule has 94 valence electrons. The van der Waals surface area contributed by atoms with Crippen molar-refractivity contribution in [1.29, 1.82) is 0 Å². The molecule has 0 aromatic carbocycles. The third-order valence-corrected chi connectivity index (χ3v) is 4.99. The van der Waals surface area contributed by atoms with Gasteiger partial charge < -0.3 is 9.88 Å². The van der Waals surface area contributed by atoms with Gasteiger partial charge in [0.15, 0.2) is 0 Å². The second-order valence-corrected chi connectivity index (χ2v) is 6.24. The quantitative estimate of drug-likeness (QED) is 0.884. The summed E-state index contributed by atoms with van der Waals surface area (Å²) in [6.45, 7) is 4.43. The van der Waals surface area contributed by atoms with Crippen LogP contribution in [-0.2, 0) is 13.0 Å². The van der Waals surface area contributed by atoms with Crippen molar-refractivity contribution >= 4 is 11.8 Å². The molecule has 2 aliphatic rings. The fraction of sp³-hybridized carbons (Fsp3) is 0.833. The summed E-state index contributed by atoms with van der Waals surface area (Å²) >= 11 is 2.08. The summed E-state index contributed by atoms with van der Waals surface area (Å²) in [6.07, 6.45) is 3.69. The summed E-state index contributed by atoms with van der Waals surface area (Å²) in [5, 5.41) is 12.2. The molecule has 0 amide bonds. The Morgan fingerprint density at radius 3 is 3.29 bits per heavy atom. The number of aryl methyl sites for hydroxylation is 1. The third kappa shape index (κ3) is 2.36. The Labute approximate surface area is 107 Å². The van der Waals surface area contributed by atoms with Crippen LogP contribution in [0.3, 0.4) is 0 Å². The Bertz CT molecular complexity index is 384. The van der Waals surface area contributed by atoms with Crippen LogP contribution in [0.4, 0.5) is 0 Å². The first kappa shape index (κ1) is 11.5. The zero-order valence-electron chi connectivity index (χ0n) is 10.4. The predicted molar refractivity (Wildman–Crippen MR) is 70.2 cm³/mol. The Morgan fingerprint density at radius 2 is 2.47 bits per heavy atom. The maximum absolute atomic E-state index is 4.33. The monoisotopic (exact) mass is 252 g/mol. The van der Waals surface area contributed by atoms with E-state index in [0.717, 1.165) is 31.3 Å². The maximum atomic E-state index is 4.33. The zero-order valence-corrected chi connectivity index (χ0v) is 11.2. The van der Waals surface area contributed by atoms with Crippen LogP contribution in [0.5, 0.6) is 0 Å². The van der Waals surface area contributed by atoms with Gasteiger partial charge in [-0.1, -0.05) is 0 Å². The molecule has 1 aromatic rings. The number of hydrogen-bond donors (Lipinski definition) is 1. The van der Waals surface area contributed by atoms with Crippen molar-refractivity contribution < 1.29 is 0 Å². The summed E-state index contributed by atoms with van der Waals surface area (Å²) < 4.78 is 2.29. The fourth-order valence-corrected chi connectivity index (χ4v) is 3.96. The van der Waals surface area contributed by atoms with Crippen molar-refractivity contribution in [1.82, 2.24) is 20.1 Å². The predicted octanol–water partition coefficient (Wildman–Crippen LogP) is 1.63. The van der Waals surface area contributed by atoms with Crippen molar-refractivity contribution in [2.24, 2.45) is 5.92 Å². The van der Waals surface area contributed by atoms with Gasteiger partial charge in [-0.15, -0.1) is 10.2 Å². The molecule has 0 spiro atoms. The van der Waals surface area contributed by atoms with Crippen LogP contribution >= 0.6 is 11.8 Å². The van der Waals surface area contributed by atoms with E-state index in [1.807, 2.05) is 0 Å². The molecule has 3 rings (SSSR count). The van der Waals surface area contributed by atoms with E-state index in [2.05, 4.69) is 38.8 Å². The highest BCUT2D eigenvalue weighted by molar-refractivity contribution is 7.99. The Kier molecular flexibility index (Phi) is 3.38. The van der Waals surface area contributed by atoms with Gasteiger partial charge in [0.1, 0.15) is 11.6 Å². The molecule has 4 nitrogen and oxygen atoms in total. The number of fused-ring (bicyclic) bond motifs is 1. The minimum Gasteiger partial charge on any atom is -0.314 e. The van der Waals surface area contributed by atoms with E-state index in [-0.39, 0.29) is 0 Å². The first-order valence-electron chi connectivity index (χ1n) is 6.57. The van der Waals surface area contributed by atoms with Gasteiger partial charge in [-0.3, -0.25) is 0 Å². The molecule has 0 aliphatic carbocycles. The van der Waals surface area contributed by atoms with Crippen molar-refractivity contribution in [2.45, 2.75) is 38.8 Å². The molecule has 2 aliphatic heterocycles. The summed E-state index contributed by atoms with van der Waals surface area (Å²) in [5.74, 6) is 5.80. The topological polar surface area (TPSA) is 42.7 Å². The normalized spacial score (nSPS) is 25.1. The number of hydrogen-bond acceptors (Lipinski definition) is 4. The second-order valence-electron chi connectivity index (χ2n) is 5.09. The molecular formula is C12H20N4S. The first-order chi connectivity index (χ1) is 8.34. The number of nitrogens with zero attached hydrogens (tertiary/aromatic N) is 3. The third-order valence-electron chi connectivity index (χ3n) is 3.76. The smallest absolute Gasteiger partial charge is 0.149 e. The Morgan fingerprint density at radius 1 is 1.53 bits per heavy atom. The van der Waals surface area contributed by atoms with Crippen LogP contribution in [0.25, 0.3) is 0 Å². The molecule has 3 heterocycles. The van der Waals surface area contributed by atoms with Gasteiger partial charge in [-0.25, -0.2) is 0 Å². The van der Waals surface area contributed by atoms with Crippen LogP contribution < -0.4 is 5.32 Å². The number of aromatic nitrogens is 3. The lowest BCUT2D eigenvalue weighted by Gasteiger charge is -2.16. The summed E-state index contributed by atoms with van der Waals surface area (Å²) in [4.78, 5) is 0. The lowest BCUT2D eigenvalue weighted by molar-refractivity contribution is 0.453. The molecule has 0 bridgehead atoms. The highest BCUT2D eigenvalue weighted by atomic mass is 32.2. The molecule has 1 saturated heterocycles. The van der Waals surface area contributed by atoms with Crippen LogP contribution in [-0.4, -0.2) is 32.8 Å². The average Bonchev–Trinajstić information content (AvgIpc) is 3.02. The van der Waals surface area contributed by atoms with E-state index in [0.29, 0.717) is 6.04 Å². The average molecular weight is 252 g/mol. The maximum Gasteiger partial charge on any atom is 0.149 e. The van der Waals surface area contributed by atoms with E-state index >= 15 is 0 Å². The fourth-order valence-electron chi connectivity index (χ4n) is 2.67. The van der Waals surface area contributed by atoms with Gasteiger partial charge in [-0.05, 0) is 43.7 Å². The Balaban J connectivity index is 1.59. The van der Waals surface area contributed by atoms with E-state index in [9.17, 15) is 0 Å². The molecular weight excluding hydrogens is 232 g/mol. The van der Waals surface area contributed by atoms with Gasteiger partial charge in [0.25, 0.3) is 0 Å². The molecule has 1 fully saturated rings. The lowest BCUT2D eigenvalue weighted by Crippen LogP contribution is -2.27. The molecule has 0 radical (unpaired) electrons. The highest BCUT2D eigenvalue weighted by Crippen LogP contribution is 2.24. The molecule has 17 heavy (non-hydrogen) atoms. The minimum absolute atomic E-state index is 0.333. The van der Waals surface area contributed by atoms with Gasteiger partial charge in [0.2, 0.25) is 0 Å². The highest BCUT2D eigenvalue weighted by Gasteiger charge is 2.22. The van der Waals surface area contributed by atoms with Crippen molar-refractivity contribution in [3.63, 3.8) is 0 Å². The van der Waals surface area contributed by atoms with Crippen LogP contribution in [0, 0.1) is 5.92 Å². The Hall–Kier alpha value is -0.550. The number of thioether (sulfide) groups is 1. The number of nitrogens with one attached hydrogen (secondary N) is 1. The molecule has 1 N–H and O–H groups in total. The van der Waals surface area contributed by atoms with Gasteiger partial charge in [0.05, 0.1) is 6.04 Å². The van der Waals surface area contributed by atoms with Crippen LogP contribution in [0.2, 0.25) is 0 Å². The van der Waals surface area contributed by atoms with E-state index < -0.39 is 0 Å². The molecule has 1 aromatic heterocycles. The lowest BCUT2D eigenvalue weighted by atomic mass is 10.1. The van der Waals surface area contributed by atoms with Crippen molar-refractivity contribution in [3.8, 4) is 0 Å². The van der Waals surface area contributed by atoms with Gasteiger partial charge in [0, 0.05) is 13.0 Å². The van der Waals surface area contributed by atoms with Crippen molar-refractivity contribution in [2.75, 3.05) is 18.1 Å². The summed E-state index contributed by atoms with van der Waals surface area (Å²) in [5.41, 5.74) is 0. The molecule has 0 saturated carbocycles. The summed E-state index contributed by atoms with van der Waals surface area (Å²) in [6, 6.07) is 0.333. The number of rotatable bonds is 4. The van der Waals surface area contributed by atoms with E-state index in [4.69, 9.17) is 0 Å². The standard InChI is InChI=1S/C12H20N4S/c1-9(13-7-10-4-6-17-8-10)12-15-14-11-3-2-5-16(11)12/h9-10,13H,2-8H2,1H3. The molecule has 5 heteroatoms. The SMILES string of the molecule is CC(NCC1CCSC1)c1nnc2n1CCC2. The van der Waals surface area contributed by atoms with E-state index in [1.165, 1.54) is 30.2 Å². The molecule has 2 atom stereocenters. The zero-order chi connectivity index (χ0) is 11.7. The molecule has 2 unspecified atom stereocenters. The van der Waals surface area contributed by atoms with Crippen molar-refractivity contribution in [3.05, 3.63) is 11.6 Å². The second kappa shape index (κ2) is 4.98. The van der Waals surface area contributed by atoms with Crippen LogP contribution in [0.15, 0.2) is 0 Å². The summed E-state index contributed by atoms with van der Waals surface area (Å²) in [7, 11) is 0. The first-order valence-corrected chi connectivity index (χ1v) is 7.73. The largest absolute Gasteiger partial charge is 0.314 e. The van der Waals surface area contributed by atoms with Gasteiger partial charge in [-0.2, -0.15) is 11.8 Å². The minimum atomic E-state index is 0.333. The van der Waals surface area contributed by atoms with E-state index in [1.54, 1.807) is 0 Å². The van der Waals surface area contributed by atoms with Crippen LogP contribution in [0.1, 0.15) is 37.5 Å². The van der Waals surface area contributed by atoms with Gasteiger partial charge >= 0.3 is 0 Å².